The topological polar surface area (TPSA) is 60.7 Å². The Morgan fingerprint density at radius 2 is 1.96 bits per heavy atom. The summed E-state index contributed by atoms with van der Waals surface area (Å²) in [6.07, 6.45) is 7.75. The normalized spacial score (nSPS) is 16.0. The van der Waals surface area contributed by atoms with Crippen molar-refractivity contribution in [2.24, 2.45) is 10.9 Å². The van der Waals surface area contributed by atoms with Crippen molar-refractivity contribution in [2.45, 2.75) is 65.3 Å². The summed E-state index contributed by atoms with van der Waals surface area (Å²) >= 11 is 1.47. The highest BCUT2D eigenvalue weighted by molar-refractivity contribution is 7.16. The number of esters is 1. The lowest BCUT2D eigenvalue weighted by molar-refractivity contribution is -0.141. The van der Waals surface area contributed by atoms with E-state index >= 15 is 0 Å². The van der Waals surface area contributed by atoms with Gasteiger partial charge in [-0.3, -0.25) is 9.59 Å². The molecule has 6 heteroatoms. The summed E-state index contributed by atoms with van der Waals surface area (Å²) < 4.78 is 7.71. The maximum Gasteiger partial charge on any atom is 0.325 e. The number of carbonyl (C=O) groups excluding carboxylic acids is 2. The van der Waals surface area contributed by atoms with E-state index in [4.69, 9.17) is 4.74 Å². The number of fused-ring (bicyclic) bond motifs is 1. The van der Waals surface area contributed by atoms with Gasteiger partial charge in [-0.1, -0.05) is 49.5 Å². The number of benzene rings is 1. The number of amides is 1. The summed E-state index contributed by atoms with van der Waals surface area (Å²) in [5, 5.41) is 0. The van der Waals surface area contributed by atoms with E-state index in [0.29, 0.717) is 17.1 Å². The molecule has 1 aliphatic rings. The SMILES string of the molecule is COC(=O)Cn1c(=NC(=O)CCC2CCCCC2)sc2c(C)cc(C)cc21. The fourth-order valence-electron chi connectivity index (χ4n) is 3.91. The highest BCUT2D eigenvalue weighted by atomic mass is 32.1. The minimum atomic E-state index is -0.343. The van der Waals surface area contributed by atoms with Gasteiger partial charge < -0.3 is 9.30 Å². The zero-order chi connectivity index (χ0) is 19.4. The molecule has 0 saturated heterocycles. The predicted octanol–water partition coefficient (Wildman–Crippen LogP) is 4.28. The highest BCUT2D eigenvalue weighted by Gasteiger charge is 2.16. The fraction of sp³-hybridized carbons (Fsp3) is 0.571. The molecule has 2 aromatic rings. The van der Waals surface area contributed by atoms with E-state index in [1.165, 1.54) is 50.6 Å². The Morgan fingerprint density at radius 1 is 1.22 bits per heavy atom. The zero-order valence-corrected chi connectivity index (χ0v) is 17.2. The second-order valence-electron chi connectivity index (χ2n) is 7.53. The summed E-state index contributed by atoms with van der Waals surface area (Å²) in [6.45, 7) is 4.13. The molecule has 1 aromatic heterocycles. The number of ether oxygens (including phenoxy) is 1. The van der Waals surface area contributed by atoms with Crippen LogP contribution < -0.4 is 4.80 Å². The van der Waals surface area contributed by atoms with Crippen LogP contribution in [0.2, 0.25) is 0 Å². The van der Waals surface area contributed by atoms with Crippen LogP contribution in [0.4, 0.5) is 0 Å². The first-order valence-corrected chi connectivity index (χ1v) is 10.5. The molecule has 0 bridgehead atoms. The Kier molecular flexibility index (Phi) is 6.47. The van der Waals surface area contributed by atoms with Gasteiger partial charge in [-0.2, -0.15) is 4.99 Å². The molecule has 27 heavy (non-hydrogen) atoms. The zero-order valence-electron chi connectivity index (χ0n) is 16.4. The molecule has 0 atom stereocenters. The Balaban J connectivity index is 1.90. The molecular formula is C21H28N2O3S. The molecule has 1 aliphatic carbocycles. The Morgan fingerprint density at radius 3 is 2.67 bits per heavy atom. The first-order valence-electron chi connectivity index (χ1n) is 9.73. The maximum absolute atomic E-state index is 12.5. The lowest BCUT2D eigenvalue weighted by Gasteiger charge is -2.20. The molecule has 3 rings (SSSR count). The minimum absolute atomic E-state index is 0.0636. The van der Waals surface area contributed by atoms with Gasteiger partial charge in [-0.15, -0.1) is 0 Å². The van der Waals surface area contributed by atoms with E-state index in [-0.39, 0.29) is 18.4 Å². The maximum atomic E-state index is 12.5. The van der Waals surface area contributed by atoms with Crippen LogP contribution in [0.15, 0.2) is 17.1 Å². The third-order valence-electron chi connectivity index (χ3n) is 5.34. The number of methoxy groups -OCH3 is 1. The summed E-state index contributed by atoms with van der Waals surface area (Å²) in [5.74, 6) is 0.220. The fourth-order valence-corrected chi connectivity index (χ4v) is 5.01. The molecule has 0 N–H and O–H groups in total. The average molecular weight is 389 g/mol. The lowest BCUT2D eigenvalue weighted by atomic mass is 9.86. The molecule has 0 aliphatic heterocycles. The molecule has 1 fully saturated rings. The molecule has 0 spiro atoms. The Hall–Kier alpha value is -1.95. The van der Waals surface area contributed by atoms with Crippen molar-refractivity contribution in [1.29, 1.82) is 0 Å². The van der Waals surface area contributed by atoms with Crippen LogP contribution in [0.25, 0.3) is 10.2 Å². The Bertz CT molecular complexity index is 904. The second-order valence-corrected chi connectivity index (χ2v) is 8.50. The summed E-state index contributed by atoms with van der Waals surface area (Å²) in [4.78, 5) is 29.4. The van der Waals surface area contributed by atoms with Crippen LogP contribution in [0.1, 0.15) is 56.1 Å². The van der Waals surface area contributed by atoms with E-state index in [2.05, 4.69) is 11.1 Å². The van der Waals surface area contributed by atoms with Crippen LogP contribution in [0.5, 0.6) is 0 Å². The number of hydrogen-bond acceptors (Lipinski definition) is 4. The number of aromatic nitrogens is 1. The standard InChI is InChI=1S/C21H28N2O3S/c1-14-11-15(2)20-17(12-14)23(13-19(25)26-3)21(27-20)22-18(24)10-9-16-7-5-4-6-8-16/h11-12,16H,4-10,13H2,1-3H3. The van der Waals surface area contributed by atoms with Crippen molar-refractivity contribution in [2.75, 3.05) is 7.11 Å². The summed E-state index contributed by atoms with van der Waals surface area (Å²) in [7, 11) is 1.38. The van der Waals surface area contributed by atoms with Crippen molar-refractivity contribution in [3.8, 4) is 0 Å². The molecule has 0 unspecified atom stereocenters. The minimum Gasteiger partial charge on any atom is -0.468 e. The van der Waals surface area contributed by atoms with E-state index in [1.807, 2.05) is 24.5 Å². The third-order valence-corrected chi connectivity index (χ3v) is 6.57. The van der Waals surface area contributed by atoms with Gasteiger partial charge in [0.05, 0.1) is 17.3 Å². The van der Waals surface area contributed by atoms with Crippen LogP contribution in [0.3, 0.4) is 0 Å². The molecule has 1 amide bonds. The molecule has 0 radical (unpaired) electrons. The van der Waals surface area contributed by atoms with E-state index in [0.717, 1.165) is 27.8 Å². The van der Waals surface area contributed by atoms with Gasteiger partial charge in [-0.05, 0) is 43.4 Å². The smallest absolute Gasteiger partial charge is 0.325 e. The van der Waals surface area contributed by atoms with Crippen molar-refractivity contribution in [3.63, 3.8) is 0 Å². The quantitative estimate of drug-likeness (QED) is 0.718. The van der Waals surface area contributed by atoms with Gasteiger partial charge >= 0.3 is 5.97 Å². The van der Waals surface area contributed by atoms with Crippen molar-refractivity contribution in [1.82, 2.24) is 4.57 Å². The molecular weight excluding hydrogens is 360 g/mol. The van der Waals surface area contributed by atoms with Crippen LogP contribution in [-0.4, -0.2) is 23.6 Å². The molecule has 1 saturated carbocycles. The average Bonchev–Trinajstić information content (AvgIpc) is 2.98. The highest BCUT2D eigenvalue weighted by Crippen LogP contribution is 2.27. The van der Waals surface area contributed by atoms with Crippen LogP contribution in [0, 0.1) is 19.8 Å². The number of rotatable bonds is 5. The van der Waals surface area contributed by atoms with E-state index < -0.39 is 0 Å². The van der Waals surface area contributed by atoms with Crippen molar-refractivity contribution in [3.05, 3.63) is 28.1 Å². The molecule has 1 heterocycles. The predicted molar refractivity (Wildman–Crippen MR) is 108 cm³/mol. The van der Waals surface area contributed by atoms with Crippen LogP contribution >= 0.6 is 11.3 Å². The number of aryl methyl sites for hydroxylation is 2. The van der Waals surface area contributed by atoms with E-state index in [9.17, 15) is 9.59 Å². The van der Waals surface area contributed by atoms with Crippen molar-refractivity contribution < 1.29 is 14.3 Å². The number of nitrogens with zero attached hydrogens (tertiary/aromatic N) is 2. The van der Waals surface area contributed by atoms with Gasteiger partial charge in [0.2, 0.25) is 5.91 Å². The van der Waals surface area contributed by atoms with Gasteiger partial charge in [0.25, 0.3) is 0 Å². The lowest BCUT2D eigenvalue weighted by Crippen LogP contribution is -2.22. The first-order chi connectivity index (χ1) is 13.0. The van der Waals surface area contributed by atoms with Gasteiger partial charge in [0.15, 0.2) is 4.80 Å². The number of carbonyl (C=O) groups is 2. The molecule has 5 nitrogen and oxygen atoms in total. The van der Waals surface area contributed by atoms with Crippen molar-refractivity contribution >= 4 is 33.4 Å². The Labute approximate surface area is 164 Å². The van der Waals surface area contributed by atoms with Crippen LogP contribution in [-0.2, 0) is 20.9 Å². The summed E-state index contributed by atoms with van der Waals surface area (Å²) in [6, 6.07) is 4.14. The first kappa shape index (κ1) is 19.8. The third kappa shape index (κ3) is 4.86. The monoisotopic (exact) mass is 388 g/mol. The number of hydrogen-bond donors (Lipinski definition) is 0. The van der Waals surface area contributed by atoms with Gasteiger partial charge in [-0.25, -0.2) is 0 Å². The number of thiazole rings is 1. The largest absolute Gasteiger partial charge is 0.468 e. The van der Waals surface area contributed by atoms with Gasteiger partial charge in [0, 0.05) is 6.42 Å². The molecule has 146 valence electrons. The second kappa shape index (κ2) is 8.83. The molecule has 1 aromatic carbocycles. The van der Waals surface area contributed by atoms with Gasteiger partial charge in [0.1, 0.15) is 6.54 Å². The van der Waals surface area contributed by atoms with E-state index in [1.54, 1.807) is 0 Å². The summed E-state index contributed by atoms with van der Waals surface area (Å²) in [5.41, 5.74) is 3.18.